The molecule has 3 heteroatoms. The average molecular weight is 269 g/mol. The number of rotatable bonds is 11. The zero-order valence-corrected chi connectivity index (χ0v) is 13.1. The Morgan fingerprint density at radius 3 is 2.37 bits per heavy atom. The lowest BCUT2D eigenvalue weighted by molar-refractivity contribution is -0.122. The van der Waals surface area contributed by atoms with Crippen LogP contribution in [-0.2, 0) is 9.53 Å². The fourth-order valence-corrected chi connectivity index (χ4v) is 1.71. The number of unbranched alkanes of at least 4 members (excludes halogenated alkanes) is 4. The van der Waals surface area contributed by atoms with Crippen molar-refractivity contribution < 1.29 is 9.53 Å². The maximum absolute atomic E-state index is 11.6. The molecular weight excluding hydrogens is 238 g/mol. The number of carbonyl (C=O) groups is 1. The molecule has 0 saturated heterocycles. The van der Waals surface area contributed by atoms with Crippen LogP contribution < -0.4 is 5.32 Å². The van der Waals surface area contributed by atoms with Crippen molar-refractivity contribution in [3.05, 3.63) is 12.2 Å². The Labute approximate surface area is 118 Å². The Balaban J connectivity index is 4.03. The molecule has 112 valence electrons. The van der Waals surface area contributed by atoms with Crippen molar-refractivity contribution in [3.63, 3.8) is 0 Å². The molecule has 1 unspecified atom stereocenters. The second-order valence-electron chi connectivity index (χ2n) is 5.67. The van der Waals surface area contributed by atoms with Crippen LogP contribution >= 0.6 is 0 Å². The van der Waals surface area contributed by atoms with Gasteiger partial charge in [-0.3, -0.25) is 4.79 Å². The SMILES string of the molecule is C=C(C)C(=O)NC(CCCCCCC)OCC(C)C. The number of carbonyl (C=O) groups excluding carboxylic acids is 1. The quantitative estimate of drug-likeness (QED) is 0.349. The molecule has 0 aromatic heterocycles. The standard InChI is InChI=1S/C16H31NO2/c1-6-7-8-9-10-11-15(19-12-13(2)3)17-16(18)14(4)5/h13,15H,4,6-12H2,1-3,5H3,(H,17,18). The molecule has 0 spiro atoms. The third kappa shape index (κ3) is 10.8. The highest BCUT2D eigenvalue weighted by atomic mass is 16.5. The predicted octanol–water partition coefficient (Wildman–Crippen LogP) is 4.04. The normalized spacial score (nSPS) is 12.5. The molecule has 0 aliphatic carbocycles. The minimum Gasteiger partial charge on any atom is -0.358 e. The van der Waals surface area contributed by atoms with Crippen LogP contribution in [0.1, 0.15) is 66.2 Å². The number of ether oxygens (including phenoxy) is 1. The monoisotopic (exact) mass is 269 g/mol. The van der Waals surface area contributed by atoms with Crippen molar-refractivity contribution in [1.82, 2.24) is 5.32 Å². The minimum atomic E-state index is -0.173. The third-order valence-corrected chi connectivity index (χ3v) is 2.88. The first-order valence-corrected chi connectivity index (χ1v) is 7.55. The molecule has 3 nitrogen and oxygen atoms in total. The lowest BCUT2D eigenvalue weighted by Gasteiger charge is -2.20. The van der Waals surface area contributed by atoms with Gasteiger partial charge in [0.15, 0.2) is 0 Å². The second-order valence-corrected chi connectivity index (χ2v) is 5.67. The van der Waals surface area contributed by atoms with Gasteiger partial charge < -0.3 is 10.1 Å². The summed E-state index contributed by atoms with van der Waals surface area (Å²) in [5.74, 6) is 0.367. The zero-order valence-electron chi connectivity index (χ0n) is 13.1. The van der Waals surface area contributed by atoms with E-state index in [2.05, 4.69) is 32.7 Å². The van der Waals surface area contributed by atoms with E-state index in [1.54, 1.807) is 6.92 Å². The van der Waals surface area contributed by atoms with Crippen molar-refractivity contribution in [2.45, 2.75) is 72.4 Å². The van der Waals surface area contributed by atoms with E-state index in [9.17, 15) is 4.79 Å². The van der Waals surface area contributed by atoms with Crippen molar-refractivity contribution in [2.75, 3.05) is 6.61 Å². The van der Waals surface area contributed by atoms with Gasteiger partial charge >= 0.3 is 0 Å². The first-order chi connectivity index (χ1) is 8.97. The van der Waals surface area contributed by atoms with Crippen LogP contribution in [0.4, 0.5) is 0 Å². The van der Waals surface area contributed by atoms with Crippen LogP contribution in [-0.4, -0.2) is 18.7 Å². The third-order valence-electron chi connectivity index (χ3n) is 2.88. The van der Waals surface area contributed by atoms with E-state index in [0.717, 1.165) is 12.8 Å². The lowest BCUT2D eigenvalue weighted by Crippen LogP contribution is -2.38. The molecule has 1 N–H and O–H groups in total. The molecule has 0 saturated carbocycles. The second kappa shape index (κ2) is 11.0. The number of hydrogen-bond donors (Lipinski definition) is 1. The highest BCUT2D eigenvalue weighted by Gasteiger charge is 2.13. The Morgan fingerprint density at radius 2 is 1.84 bits per heavy atom. The molecule has 0 heterocycles. The summed E-state index contributed by atoms with van der Waals surface area (Å²) >= 11 is 0. The summed E-state index contributed by atoms with van der Waals surface area (Å²) in [6, 6.07) is 0. The Bertz CT molecular complexity index is 261. The summed E-state index contributed by atoms with van der Waals surface area (Å²) in [5.41, 5.74) is 0.532. The van der Waals surface area contributed by atoms with E-state index in [1.807, 2.05) is 0 Å². The summed E-state index contributed by atoms with van der Waals surface area (Å²) in [4.78, 5) is 11.6. The van der Waals surface area contributed by atoms with E-state index < -0.39 is 0 Å². The van der Waals surface area contributed by atoms with Crippen LogP contribution in [0.15, 0.2) is 12.2 Å². The van der Waals surface area contributed by atoms with Gasteiger partial charge in [-0.15, -0.1) is 0 Å². The first kappa shape index (κ1) is 18.2. The molecule has 0 rings (SSSR count). The van der Waals surface area contributed by atoms with Gasteiger partial charge in [-0.25, -0.2) is 0 Å². The van der Waals surface area contributed by atoms with Gasteiger partial charge in [0.25, 0.3) is 0 Å². The van der Waals surface area contributed by atoms with E-state index >= 15 is 0 Å². The van der Waals surface area contributed by atoms with Crippen LogP contribution in [0.25, 0.3) is 0 Å². The van der Waals surface area contributed by atoms with E-state index in [1.165, 1.54) is 25.7 Å². The van der Waals surface area contributed by atoms with Gasteiger partial charge in [-0.05, 0) is 25.7 Å². The Kier molecular flexibility index (Phi) is 10.6. The molecular formula is C16H31NO2. The summed E-state index contributed by atoms with van der Waals surface area (Å²) in [6.07, 6.45) is 6.82. The fraction of sp³-hybridized carbons (Fsp3) is 0.812. The van der Waals surface area contributed by atoms with Crippen LogP contribution in [0.5, 0.6) is 0 Å². The number of hydrogen-bond acceptors (Lipinski definition) is 2. The van der Waals surface area contributed by atoms with Gasteiger partial charge in [-0.1, -0.05) is 53.0 Å². The van der Waals surface area contributed by atoms with Gasteiger partial charge in [0, 0.05) is 5.57 Å². The van der Waals surface area contributed by atoms with Crippen LogP contribution in [0.2, 0.25) is 0 Å². The Morgan fingerprint density at radius 1 is 1.21 bits per heavy atom. The predicted molar refractivity (Wildman–Crippen MR) is 80.9 cm³/mol. The van der Waals surface area contributed by atoms with E-state index in [4.69, 9.17) is 4.74 Å². The molecule has 19 heavy (non-hydrogen) atoms. The molecule has 1 amide bonds. The maximum Gasteiger partial charge on any atom is 0.248 e. The largest absolute Gasteiger partial charge is 0.358 e. The van der Waals surface area contributed by atoms with Gasteiger partial charge in [0.2, 0.25) is 5.91 Å². The summed E-state index contributed by atoms with van der Waals surface area (Å²) in [6.45, 7) is 12.5. The van der Waals surface area contributed by atoms with Gasteiger partial charge in [0.05, 0.1) is 6.61 Å². The molecule has 0 radical (unpaired) electrons. The summed E-state index contributed by atoms with van der Waals surface area (Å²) in [7, 11) is 0. The maximum atomic E-state index is 11.6. The highest BCUT2D eigenvalue weighted by molar-refractivity contribution is 5.92. The van der Waals surface area contributed by atoms with Crippen molar-refractivity contribution in [2.24, 2.45) is 5.92 Å². The molecule has 0 aliphatic heterocycles. The first-order valence-electron chi connectivity index (χ1n) is 7.55. The molecule has 0 bridgehead atoms. The fourth-order valence-electron chi connectivity index (χ4n) is 1.71. The Hall–Kier alpha value is -0.830. The van der Waals surface area contributed by atoms with Crippen LogP contribution in [0, 0.1) is 5.92 Å². The summed E-state index contributed by atoms with van der Waals surface area (Å²) < 4.78 is 5.76. The number of amides is 1. The van der Waals surface area contributed by atoms with Crippen molar-refractivity contribution in [1.29, 1.82) is 0 Å². The van der Waals surface area contributed by atoms with Gasteiger partial charge in [0.1, 0.15) is 6.23 Å². The zero-order chi connectivity index (χ0) is 14.7. The minimum absolute atomic E-state index is 0.109. The smallest absolute Gasteiger partial charge is 0.248 e. The van der Waals surface area contributed by atoms with E-state index in [0.29, 0.717) is 18.1 Å². The molecule has 0 aliphatic rings. The van der Waals surface area contributed by atoms with Gasteiger partial charge in [-0.2, -0.15) is 0 Å². The van der Waals surface area contributed by atoms with E-state index in [-0.39, 0.29) is 12.1 Å². The van der Waals surface area contributed by atoms with Crippen LogP contribution in [0.3, 0.4) is 0 Å². The summed E-state index contributed by atoms with van der Waals surface area (Å²) in [5, 5.41) is 2.90. The molecule has 0 aromatic rings. The lowest BCUT2D eigenvalue weighted by atomic mass is 10.1. The molecule has 0 aromatic carbocycles. The number of nitrogens with one attached hydrogen (secondary N) is 1. The molecule has 1 atom stereocenters. The average Bonchev–Trinajstić information content (AvgIpc) is 2.34. The van der Waals surface area contributed by atoms with Crippen molar-refractivity contribution >= 4 is 5.91 Å². The van der Waals surface area contributed by atoms with Crippen molar-refractivity contribution in [3.8, 4) is 0 Å². The topological polar surface area (TPSA) is 38.3 Å². The molecule has 0 fully saturated rings. The highest BCUT2D eigenvalue weighted by Crippen LogP contribution is 2.09.